The summed E-state index contributed by atoms with van der Waals surface area (Å²) in [5.41, 5.74) is 0.718. The highest BCUT2D eigenvalue weighted by Crippen LogP contribution is 2.19. The SMILES string of the molecule is CCOc1ccc(NC(=O)C[C@H]2[NH2+][C@H]3CCCC[C@H]3NC2=O)cc1. The minimum Gasteiger partial charge on any atom is -0.494 e. The molecular weight excluding hydrogens is 306 g/mol. The fourth-order valence-corrected chi connectivity index (χ4v) is 3.62. The molecule has 1 aliphatic heterocycles. The van der Waals surface area contributed by atoms with Crippen LogP contribution in [0.5, 0.6) is 5.75 Å². The number of fused-ring (bicyclic) bond motifs is 1. The molecule has 3 atom stereocenters. The molecule has 6 nitrogen and oxygen atoms in total. The van der Waals surface area contributed by atoms with Crippen LogP contribution in [0.1, 0.15) is 39.0 Å². The van der Waals surface area contributed by atoms with E-state index < -0.39 is 0 Å². The summed E-state index contributed by atoms with van der Waals surface area (Å²) in [7, 11) is 0. The highest BCUT2D eigenvalue weighted by molar-refractivity contribution is 5.95. The van der Waals surface area contributed by atoms with Crippen molar-refractivity contribution in [3.63, 3.8) is 0 Å². The van der Waals surface area contributed by atoms with Crippen molar-refractivity contribution >= 4 is 17.5 Å². The molecule has 1 aromatic carbocycles. The van der Waals surface area contributed by atoms with Crippen molar-refractivity contribution in [1.29, 1.82) is 0 Å². The zero-order valence-corrected chi connectivity index (χ0v) is 14.1. The molecule has 1 aromatic rings. The van der Waals surface area contributed by atoms with Crippen molar-refractivity contribution in [3.05, 3.63) is 24.3 Å². The van der Waals surface area contributed by atoms with Crippen molar-refractivity contribution in [3.8, 4) is 5.75 Å². The predicted octanol–water partition coefficient (Wildman–Crippen LogP) is 0.787. The van der Waals surface area contributed by atoms with E-state index in [1.807, 2.05) is 31.2 Å². The summed E-state index contributed by atoms with van der Waals surface area (Å²) in [5.74, 6) is 0.628. The lowest BCUT2D eigenvalue weighted by Gasteiger charge is -2.37. The molecule has 0 bridgehead atoms. The van der Waals surface area contributed by atoms with E-state index in [0.29, 0.717) is 12.6 Å². The number of hydrogen-bond donors (Lipinski definition) is 3. The second-order valence-corrected chi connectivity index (χ2v) is 6.57. The number of piperazine rings is 1. The molecule has 24 heavy (non-hydrogen) atoms. The first-order chi connectivity index (χ1) is 11.7. The summed E-state index contributed by atoms with van der Waals surface area (Å²) in [6, 6.07) is 7.63. The molecule has 0 unspecified atom stereocenters. The fourth-order valence-electron chi connectivity index (χ4n) is 3.62. The van der Waals surface area contributed by atoms with E-state index >= 15 is 0 Å². The zero-order chi connectivity index (χ0) is 16.9. The van der Waals surface area contributed by atoms with Crippen molar-refractivity contribution in [1.82, 2.24) is 5.32 Å². The average molecular weight is 332 g/mol. The van der Waals surface area contributed by atoms with Gasteiger partial charge in [0.05, 0.1) is 19.1 Å². The summed E-state index contributed by atoms with van der Waals surface area (Å²) < 4.78 is 5.38. The number of ether oxygens (including phenoxy) is 1. The van der Waals surface area contributed by atoms with Gasteiger partial charge in [-0.2, -0.15) is 0 Å². The molecule has 0 aromatic heterocycles. The van der Waals surface area contributed by atoms with Crippen LogP contribution in [0.4, 0.5) is 5.69 Å². The van der Waals surface area contributed by atoms with Gasteiger partial charge in [-0.3, -0.25) is 9.59 Å². The Morgan fingerprint density at radius 2 is 2.04 bits per heavy atom. The van der Waals surface area contributed by atoms with Gasteiger partial charge in [-0.05, 0) is 44.0 Å². The van der Waals surface area contributed by atoms with Crippen LogP contribution in [0.15, 0.2) is 24.3 Å². The van der Waals surface area contributed by atoms with Gasteiger partial charge in [0, 0.05) is 12.1 Å². The van der Waals surface area contributed by atoms with E-state index in [0.717, 1.165) is 24.3 Å². The van der Waals surface area contributed by atoms with Gasteiger partial charge < -0.3 is 20.7 Å². The number of rotatable bonds is 5. The topological polar surface area (TPSA) is 84.0 Å². The summed E-state index contributed by atoms with van der Waals surface area (Å²) in [4.78, 5) is 24.5. The molecule has 130 valence electrons. The van der Waals surface area contributed by atoms with E-state index in [1.54, 1.807) is 0 Å². The maximum absolute atomic E-state index is 12.3. The third kappa shape index (κ3) is 4.06. The number of nitrogens with one attached hydrogen (secondary N) is 2. The van der Waals surface area contributed by atoms with Crippen LogP contribution in [-0.2, 0) is 9.59 Å². The Labute approximate surface area is 142 Å². The van der Waals surface area contributed by atoms with Crippen LogP contribution >= 0.6 is 0 Å². The minimum absolute atomic E-state index is 0.0139. The molecule has 4 N–H and O–H groups in total. The maximum Gasteiger partial charge on any atom is 0.279 e. The minimum atomic E-state index is -0.327. The molecule has 6 heteroatoms. The number of benzene rings is 1. The van der Waals surface area contributed by atoms with Crippen LogP contribution in [-0.4, -0.2) is 36.5 Å². The molecule has 0 radical (unpaired) electrons. The van der Waals surface area contributed by atoms with Crippen LogP contribution < -0.4 is 20.7 Å². The Balaban J connectivity index is 1.53. The molecule has 1 saturated heterocycles. The standard InChI is InChI=1S/C18H25N3O3/c1-2-24-13-9-7-12(8-10-13)19-17(22)11-16-18(23)21-15-6-4-3-5-14(15)20-16/h7-10,14-16,20H,2-6,11H2,1H3,(H,19,22)(H,21,23)/p+1/t14-,15+,16+/m0/s1. The van der Waals surface area contributed by atoms with Crippen molar-refractivity contribution in [2.24, 2.45) is 0 Å². The molecule has 2 amide bonds. The quantitative estimate of drug-likeness (QED) is 0.745. The molecule has 0 spiro atoms. The number of carbonyl (C=O) groups excluding carboxylic acids is 2. The Morgan fingerprint density at radius 3 is 2.79 bits per heavy atom. The molecule has 1 heterocycles. The van der Waals surface area contributed by atoms with Crippen molar-refractivity contribution in [2.45, 2.75) is 57.2 Å². The van der Waals surface area contributed by atoms with Gasteiger partial charge in [-0.1, -0.05) is 6.42 Å². The van der Waals surface area contributed by atoms with E-state index in [-0.39, 0.29) is 30.3 Å². The fraction of sp³-hybridized carbons (Fsp3) is 0.556. The van der Waals surface area contributed by atoms with Crippen LogP contribution in [0, 0.1) is 0 Å². The third-order valence-electron chi connectivity index (χ3n) is 4.82. The second kappa shape index (κ2) is 7.66. The molecule has 2 aliphatic rings. The number of carbonyl (C=O) groups is 2. The number of anilines is 1. The summed E-state index contributed by atoms with van der Waals surface area (Å²) in [6.45, 7) is 2.54. The summed E-state index contributed by atoms with van der Waals surface area (Å²) in [6.07, 6.45) is 4.75. The van der Waals surface area contributed by atoms with E-state index in [9.17, 15) is 9.59 Å². The number of hydrogen-bond acceptors (Lipinski definition) is 3. The zero-order valence-electron chi connectivity index (χ0n) is 14.1. The largest absolute Gasteiger partial charge is 0.494 e. The van der Waals surface area contributed by atoms with Gasteiger partial charge in [0.1, 0.15) is 11.8 Å². The van der Waals surface area contributed by atoms with E-state index in [2.05, 4.69) is 16.0 Å². The number of amides is 2. The lowest BCUT2D eigenvalue weighted by atomic mass is 9.87. The first-order valence-corrected chi connectivity index (χ1v) is 8.84. The smallest absolute Gasteiger partial charge is 0.279 e. The lowest BCUT2D eigenvalue weighted by molar-refractivity contribution is -0.718. The van der Waals surface area contributed by atoms with Gasteiger partial charge in [-0.15, -0.1) is 0 Å². The number of nitrogens with two attached hydrogens (primary N) is 1. The monoisotopic (exact) mass is 332 g/mol. The predicted molar refractivity (Wildman–Crippen MR) is 90.8 cm³/mol. The van der Waals surface area contributed by atoms with Crippen LogP contribution in [0.25, 0.3) is 0 Å². The molecule has 3 rings (SSSR count). The maximum atomic E-state index is 12.3. The Kier molecular flexibility index (Phi) is 5.35. The Morgan fingerprint density at radius 1 is 1.29 bits per heavy atom. The number of quaternary nitrogens is 1. The van der Waals surface area contributed by atoms with Gasteiger partial charge in [-0.25, -0.2) is 0 Å². The molecule has 2 fully saturated rings. The van der Waals surface area contributed by atoms with Gasteiger partial charge in [0.25, 0.3) is 5.91 Å². The normalized spacial score (nSPS) is 26.2. The highest BCUT2D eigenvalue weighted by atomic mass is 16.5. The second-order valence-electron chi connectivity index (χ2n) is 6.57. The Bertz CT molecular complexity index is 588. The molecule has 1 aliphatic carbocycles. The molecule has 1 saturated carbocycles. The first-order valence-electron chi connectivity index (χ1n) is 8.84. The summed E-state index contributed by atoms with van der Waals surface area (Å²) >= 11 is 0. The van der Waals surface area contributed by atoms with Crippen LogP contribution in [0.2, 0.25) is 0 Å². The van der Waals surface area contributed by atoms with Gasteiger partial charge >= 0.3 is 0 Å². The van der Waals surface area contributed by atoms with Gasteiger partial charge in [0.15, 0.2) is 6.04 Å². The van der Waals surface area contributed by atoms with E-state index in [1.165, 1.54) is 12.8 Å². The van der Waals surface area contributed by atoms with Crippen molar-refractivity contribution in [2.75, 3.05) is 11.9 Å². The first kappa shape index (κ1) is 16.8. The molecular formula is C18H26N3O3+. The third-order valence-corrected chi connectivity index (χ3v) is 4.82. The average Bonchev–Trinajstić information content (AvgIpc) is 2.57. The van der Waals surface area contributed by atoms with Crippen LogP contribution in [0.3, 0.4) is 0 Å². The lowest BCUT2D eigenvalue weighted by Crippen LogP contribution is -3.03. The Hall–Kier alpha value is -2.08. The summed E-state index contributed by atoms with van der Waals surface area (Å²) in [5, 5.41) is 8.05. The van der Waals surface area contributed by atoms with Crippen molar-refractivity contribution < 1.29 is 19.6 Å². The van der Waals surface area contributed by atoms with E-state index in [4.69, 9.17) is 4.74 Å². The van der Waals surface area contributed by atoms with Gasteiger partial charge in [0.2, 0.25) is 5.91 Å². The highest BCUT2D eigenvalue weighted by Gasteiger charge is 2.40.